The lowest BCUT2D eigenvalue weighted by molar-refractivity contribution is -0.161. The topological polar surface area (TPSA) is 197 Å². The summed E-state index contributed by atoms with van der Waals surface area (Å²) in [6.07, 6.45) is -0.126. The standard InChI is InChI=1S/C25H35F2N5O7/c1-13(2)19(12-34)32-24(39)25(26,27)20(35)18(10-16-8-6-5-7-9-16)31-22(37)15(4)29-21(36)14(3)30-23(38)17(28)11-33/h5-9,12-15,17-19,33H,10-11,28H2,1-4H3,(H,29,36)(H,30,38)(H,31,37)(H,32,39). The summed E-state index contributed by atoms with van der Waals surface area (Å²) in [6.45, 7) is 4.87. The van der Waals surface area contributed by atoms with E-state index in [2.05, 4.69) is 16.0 Å². The van der Waals surface area contributed by atoms with Gasteiger partial charge < -0.3 is 36.9 Å². The fraction of sp³-hybridized carbons (Fsp3) is 0.520. The second-order valence-electron chi connectivity index (χ2n) is 9.32. The summed E-state index contributed by atoms with van der Waals surface area (Å²) >= 11 is 0. The van der Waals surface area contributed by atoms with Crippen molar-refractivity contribution in [1.29, 1.82) is 0 Å². The van der Waals surface area contributed by atoms with Gasteiger partial charge in [-0.2, -0.15) is 8.78 Å². The lowest BCUT2D eigenvalue weighted by Crippen LogP contribution is -2.59. The van der Waals surface area contributed by atoms with Crippen LogP contribution in [0.15, 0.2) is 30.3 Å². The summed E-state index contributed by atoms with van der Waals surface area (Å²) in [6, 6.07) is 0.936. The highest BCUT2D eigenvalue weighted by molar-refractivity contribution is 6.11. The van der Waals surface area contributed by atoms with E-state index in [0.29, 0.717) is 5.56 Å². The Hall–Kier alpha value is -3.78. The molecule has 1 rings (SSSR count). The number of aldehydes is 1. The number of carbonyl (C=O) groups excluding carboxylic acids is 6. The van der Waals surface area contributed by atoms with Crippen LogP contribution in [0.4, 0.5) is 8.78 Å². The Balaban J connectivity index is 3.06. The van der Waals surface area contributed by atoms with Crippen molar-refractivity contribution in [3.8, 4) is 0 Å². The number of nitrogens with two attached hydrogens (primary N) is 1. The minimum atomic E-state index is -4.60. The Morgan fingerprint density at radius 1 is 0.897 bits per heavy atom. The molecule has 1 aromatic rings. The molecule has 7 N–H and O–H groups in total. The Labute approximate surface area is 224 Å². The first-order valence-corrected chi connectivity index (χ1v) is 12.2. The number of benzene rings is 1. The van der Waals surface area contributed by atoms with Crippen LogP contribution in [0.25, 0.3) is 0 Å². The Bertz CT molecular complexity index is 1040. The van der Waals surface area contributed by atoms with Gasteiger partial charge in [0.25, 0.3) is 5.91 Å². The quantitative estimate of drug-likeness (QED) is 0.112. The number of hydrogen-bond donors (Lipinski definition) is 6. The Morgan fingerprint density at radius 2 is 1.41 bits per heavy atom. The van der Waals surface area contributed by atoms with Gasteiger partial charge in [-0.05, 0) is 25.3 Å². The number of rotatable bonds is 15. The molecule has 0 radical (unpaired) electrons. The largest absolute Gasteiger partial charge is 0.394 e. The van der Waals surface area contributed by atoms with Crippen molar-refractivity contribution in [2.24, 2.45) is 11.7 Å². The number of halogens is 2. The summed E-state index contributed by atoms with van der Waals surface area (Å²) in [5.74, 6) is -11.7. The van der Waals surface area contributed by atoms with Gasteiger partial charge in [-0.25, -0.2) is 0 Å². The molecule has 1 aromatic carbocycles. The molecule has 0 aliphatic rings. The second-order valence-corrected chi connectivity index (χ2v) is 9.32. The van der Waals surface area contributed by atoms with Gasteiger partial charge in [-0.15, -0.1) is 0 Å². The first-order chi connectivity index (χ1) is 18.1. The van der Waals surface area contributed by atoms with Crippen molar-refractivity contribution in [3.05, 3.63) is 35.9 Å². The third-order valence-electron chi connectivity index (χ3n) is 5.71. The summed E-state index contributed by atoms with van der Waals surface area (Å²) < 4.78 is 29.9. The van der Waals surface area contributed by atoms with Crippen molar-refractivity contribution in [1.82, 2.24) is 21.3 Å². The lowest BCUT2D eigenvalue weighted by atomic mass is 9.97. The van der Waals surface area contributed by atoms with E-state index in [0.717, 1.165) is 0 Å². The fourth-order valence-corrected chi connectivity index (χ4v) is 3.16. The van der Waals surface area contributed by atoms with Crippen LogP contribution in [0.2, 0.25) is 0 Å². The minimum absolute atomic E-state index is 0.275. The third kappa shape index (κ3) is 9.80. The van der Waals surface area contributed by atoms with Crippen LogP contribution < -0.4 is 27.0 Å². The van der Waals surface area contributed by atoms with Gasteiger partial charge in [0.05, 0.1) is 18.7 Å². The molecule has 5 atom stereocenters. The average Bonchev–Trinajstić information content (AvgIpc) is 2.90. The highest BCUT2D eigenvalue weighted by Gasteiger charge is 2.51. The molecule has 5 unspecified atom stereocenters. The molecular weight excluding hydrogens is 520 g/mol. The predicted molar refractivity (Wildman–Crippen MR) is 135 cm³/mol. The fourth-order valence-electron chi connectivity index (χ4n) is 3.16. The number of ketones is 1. The number of carbonyl (C=O) groups is 6. The van der Waals surface area contributed by atoms with E-state index in [1.807, 2.05) is 5.32 Å². The van der Waals surface area contributed by atoms with Gasteiger partial charge in [0.2, 0.25) is 23.5 Å². The van der Waals surface area contributed by atoms with Crippen LogP contribution in [-0.2, 0) is 35.2 Å². The van der Waals surface area contributed by atoms with E-state index in [-0.39, 0.29) is 6.29 Å². The van der Waals surface area contributed by atoms with Crippen LogP contribution in [-0.4, -0.2) is 83.5 Å². The first-order valence-electron chi connectivity index (χ1n) is 12.2. The predicted octanol–water partition coefficient (Wildman–Crippen LogP) is -1.41. The maximum Gasteiger partial charge on any atom is 0.383 e. The minimum Gasteiger partial charge on any atom is -0.394 e. The smallest absolute Gasteiger partial charge is 0.383 e. The summed E-state index contributed by atoms with van der Waals surface area (Å²) in [4.78, 5) is 73.2. The van der Waals surface area contributed by atoms with Crippen LogP contribution >= 0.6 is 0 Å². The van der Waals surface area contributed by atoms with Gasteiger partial charge in [0, 0.05) is 6.42 Å². The van der Waals surface area contributed by atoms with Crippen molar-refractivity contribution in [3.63, 3.8) is 0 Å². The van der Waals surface area contributed by atoms with Gasteiger partial charge >= 0.3 is 5.92 Å². The summed E-state index contributed by atoms with van der Waals surface area (Å²) in [5.41, 5.74) is 5.77. The van der Waals surface area contributed by atoms with Crippen molar-refractivity contribution >= 4 is 35.7 Å². The van der Waals surface area contributed by atoms with Gasteiger partial charge in [-0.1, -0.05) is 44.2 Å². The van der Waals surface area contributed by atoms with Gasteiger partial charge in [-0.3, -0.25) is 24.0 Å². The number of nitrogens with one attached hydrogen (secondary N) is 4. The molecule has 0 aliphatic carbocycles. The monoisotopic (exact) mass is 555 g/mol. The van der Waals surface area contributed by atoms with Gasteiger partial charge in [0.1, 0.15) is 24.4 Å². The van der Waals surface area contributed by atoms with E-state index in [9.17, 15) is 37.5 Å². The van der Waals surface area contributed by atoms with E-state index >= 15 is 0 Å². The molecule has 0 fully saturated rings. The molecule has 0 saturated carbocycles. The molecule has 0 bridgehead atoms. The first kappa shape index (κ1) is 33.2. The molecule has 0 heterocycles. The van der Waals surface area contributed by atoms with Crippen molar-refractivity contribution in [2.45, 2.75) is 70.2 Å². The van der Waals surface area contributed by atoms with E-state index in [1.54, 1.807) is 18.2 Å². The molecule has 12 nitrogen and oxygen atoms in total. The molecule has 0 aliphatic heterocycles. The molecule has 14 heteroatoms. The highest BCUT2D eigenvalue weighted by atomic mass is 19.3. The zero-order valence-electron chi connectivity index (χ0n) is 22.1. The molecule has 39 heavy (non-hydrogen) atoms. The van der Waals surface area contributed by atoms with Crippen molar-refractivity contribution < 1.29 is 42.7 Å². The van der Waals surface area contributed by atoms with Crippen LogP contribution in [0.5, 0.6) is 0 Å². The number of aliphatic hydroxyl groups excluding tert-OH is 1. The van der Waals surface area contributed by atoms with Gasteiger partial charge in [0.15, 0.2) is 0 Å². The normalized spacial score (nSPS) is 15.2. The number of alkyl halides is 2. The number of amides is 4. The van der Waals surface area contributed by atoms with E-state index < -0.39 is 84.5 Å². The molecule has 0 saturated heterocycles. The molecule has 0 aromatic heterocycles. The SMILES string of the molecule is CC(NC(=O)C(N)CO)C(=O)NC(C)C(=O)NC(Cc1ccccc1)C(=O)C(F)(F)C(=O)NC(C=O)C(C)C. The zero-order chi connectivity index (χ0) is 29.9. The highest BCUT2D eigenvalue weighted by Crippen LogP contribution is 2.20. The lowest BCUT2D eigenvalue weighted by Gasteiger charge is -2.26. The maximum absolute atomic E-state index is 14.9. The maximum atomic E-state index is 14.9. The zero-order valence-corrected chi connectivity index (χ0v) is 22.1. The molecule has 216 valence electrons. The molecule has 4 amide bonds. The molecular formula is C25H35F2N5O7. The Kier molecular flexibility index (Phi) is 12.8. The Morgan fingerprint density at radius 3 is 1.90 bits per heavy atom. The summed E-state index contributed by atoms with van der Waals surface area (Å²) in [7, 11) is 0. The summed E-state index contributed by atoms with van der Waals surface area (Å²) in [5, 5.41) is 17.4. The number of aliphatic hydroxyl groups is 1. The number of hydrogen-bond acceptors (Lipinski definition) is 8. The van der Waals surface area contributed by atoms with E-state index in [4.69, 9.17) is 10.8 Å². The third-order valence-corrected chi connectivity index (χ3v) is 5.71. The van der Waals surface area contributed by atoms with Crippen LogP contribution in [0.3, 0.4) is 0 Å². The average molecular weight is 556 g/mol. The second kappa shape index (κ2) is 15.0. The van der Waals surface area contributed by atoms with Crippen LogP contribution in [0.1, 0.15) is 33.3 Å². The van der Waals surface area contributed by atoms with E-state index in [1.165, 1.54) is 39.8 Å². The number of Topliss-reactive ketones (excluding diaryl/α,β-unsaturated/α-hetero) is 1. The van der Waals surface area contributed by atoms with Crippen LogP contribution in [0, 0.1) is 5.92 Å². The van der Waals surface area contributed by atoms with Crippen molar-refractivity contribution in [2.75, 3.05) is 6.61 Å². The molecule has 0 spiro atoms.